The van der Waals surface area contributed by atoms with Crippen LogP contribution in [0.15, 0.2) is 0 Å². The first-order valence-corrected chi connectivity index (χ1v) is 8.27. The molecule has 0 amide bonds. The van der Waals surface area contributed by atoms with Crippen molar-refractivity contribution in [3.05, 3.63) is 0 Å². The minimum Gasteiger partial charge on any atom is -0.384 e. The van der Waals surface area contributed by atoms with Crippen molar-refractivity contribution in [1.29, 1.82) is 0 Å². The van der Waals surface area contributed by atoms with Crippen molar-refractivity contribution in [1.82, 2.24) is 0 Å². The molecule has 0 heterocycles. The Morgan fingerprint density at radius 1 is 0.895 bits per heavy atom. The molecule has 19 heavy (non-hydrogen) atoms. The summed E-state index contributed by atoms with van der Waals surface area (Å²) < 4.78 is 11.1. The second-order valence-electron chi connectivity index (χ2n) is 6.37. The molecule has 0 spiro atoms. The van der Waals surface area contributed by atoms with Crippen LogP contribution in [0.25, 0.3) is 0 Å². The first kappa shape index (κ1) is 17.0. The van der Waals surface area contributed by atoms with Crippen LogP contribution >= 0.6 is 0 Å². The van der Waals surface area contributed by atoms with Gasteiger partial charge in [0.05, 0.1) is 13.2 Å². The van der Waals surface area contributed by atoms with Crippen molar-refractivity contribution in [2.45, 2.75) is 71.1 Å². The topological polar surface area (TPSA) is 18.5 Å². The van der Waals surface area contributed by atoms with Crippen LogP contribution in [0.4, 0.5) is 0 Å². The second kappa shape index (κ2) is 9.77. The molecule has 0 saturated heterocycles. The van der Waals surface area contributed by atoms with Gasteiger partial charge in [0.15, 0.2) is 0 Å². The van der Waals surface area contributed by atoms with Crippen LogP contribution in [0.5, 0.6) is 0 Å². The van der Waals surface area contributed by atoms with Gasteiger partial charge in [-0.05, 0) is 25.2 Å². The summed E-state index contributed by atoms with van der Waals surface area (Å²) >= 11 is 0. The molecule has 1 fully saturated rings. The van der Waals surface area contributed by atoms with Crippen LogP contribution in [0.1, 0.15) is 71.1 Å². The predicted molar refractivity (Wildman–Crippen MR) is 81.5 cm³/mol. The number of ether oxygens (including phenoxy) is 2. The molecule has 0 aliphatic heterocycles. The molecule has 0 aromatic carbocycles. The molecule has 2 heteroatoms. The fourth-order valence-electron chi connectivity index (χ4n) is 3.82. The fourth-order valence-corrected chi connectivity index (χ4v) is 3.82. The van der Waals surface area contributed by atoms with E-state index in [0.29, 0.717) is 0 Å². The van der Waals surface area contributed by atoms with E-state index in [-0.39, 0.29) is 5.41 Å². The minimum atomic E-state index is 0.284. The number of hydrogen-bond donors (Lipinski definition) is 0. The molecule has 2 nitrogen and oxygen atoms in total. The summed E-state index contributed by atoms with van der Waals surface area (Å²) in [6, 6.07) is 0. The summed E-state index contributed by atoms with van der Waals surface area (Å²) in [7, 11) is 3.69. The van der Waals surface area contributed by atoms with E-state index in [9.17, 15) is 0 Å². The van der Waals surface area contributed by atoms with E-state index in [1.165, 1.54) is 64.2 Å². The zero-order valence-corrected chi connectivity index (χ0v) is 13.4. The van der Waals surface area contributed by atoms with Crippen LogP contribution in [0, 0.1) is 11.3 Å². The summed E-state index contributed by atoms with van der Waals surface area (Å²) in [5.74, 6) is 0.818. The first-order valence-electron chi connectivity index (χ1n) is 8.27. The average Bonchev–Trinajstić information content (AvgIpc) is 2.93. The maximum atomic E-state index is 5.57. The monoisotopic (exact) mass is 270 g/mol. The highest BCUT2D eigenvalue weighted by molar-refractivity contribution is 4.89. The number of hydrogen-bond acceptors (Lipinski definition) is 2. The molecular formula is C17H34O2. The van der Waals surface area contributed by atoms with Gasteiger partial charge in [-0.2, -0.15) is 0 Å². The van der Waals surface area contributed by atoms with Crippen molar-refractivity contribution in [3.8, 4) is 0 Å². The molecule has 1 saturated carbocycles. The van der Waals surface area contributed by atoms with Crippen LogP contribution in [-0.2, 0) is 9.47 Å². The fraction of sp³-hybridized carbons (Fsp3) is 1.00. The molecule has 0 aromatic heterocycles. The Balaban J connectivity index is 2.50. The lowest BCUT2D eigenvalue weighted by molar-refractivity contribution is -0.0358. The second-order valence-corrected chi connectivity index (χ2v) is 6.37. The van der Waals surface area contributed by atoms with Crippen LogP contribution in [-0.4, -0.2) is 27.4 Å². The summed E-state index contributed by atoms with van der Waals surface area (Å²) in [4.78, 5) is 0. The molecule has 114 valence electrons. The van der Waals surface area contributed by atoms with Gasteiger partial charge in [0, 0.05) is 19.6 Å². The minimum absolute atomic E-state index is 0.284. The van der Waals surface area contributed by atoms with Crippen molar-refractivity contribution in [2.75, 3.05) is 27.4 Å². The molecule has 1 aliphatic carbocycles. The summed E-state index contributed by atoms with van der Waals surface area (Å²) in [5.41, 5.74) is 0.284. The van der Waals surface area contributed by atoms with Gasteiger partial charge in [-0.15, -0.1) is 0 Å². The summed E-state index contributed by atoms with van der Waals surface area (Å²) in [5, 5.41) is 0. The quantitative estimate of drug-likeness (QED) is 0.501. The van der Waals surface area contributed by atoms with Gasteiger partial charge in [-0.25, -0.2) is 0 Å². The Morgan fingerprint density at radius 3 is 2.00 bits per heavy atom. The Bertz CT molecular complexity index is 203. The Hall–Kier alpha value is -0.0800. The molecule has 0 unspecified atom stereocenters. The van der Waals surface area contributed by atoms with Crippen LogP contribution in [0.2, 0.25) is 0 Å². The zero-order valence-electron chi connectivity index (χ0n) is 13.4. The maximum absolute atomic E-state index is 5.57. The van der Waals surface area contributed by atoms with Crippen LogP contribution < -0.4 is 0 Å². The lowest BCUT2D eigenvalue weighted by Crippen LogP contribution is -2.38. The van der Waals surface area contributed by atoms with E-state index in [1.54, 1.807) is 0 Å². The Kier molecular flexibility index (Phi) is 8.72. The highest BCUT2D eigenvalue weighted by Crippen LogP contribution is 2.44. The molecule has 0 radical (unpaired) electrons. The Labute approximate surface area is 120 Å². The first-order chi connectivity index (χ1) is 9.29. The lowest BCUT2D eigenvalue weighted by Gasteiger charge is -2.38. The van der Waals surface area contributed by atoms with Crippen LogP contribution in [0.3, 0.4) is 0 Å². The molecule has 1 rings (SSSR count). The van der Waals surface area contributed by atoms with Crippen molar-refractivity contribution in [2.24, 2.45) is 11.3 Å². The molecule has 0 N–H and O–H groups in total. The van der Waals surface area contributed by atoms with E-state index in [4.69, 9.17) is 9.47 Å². The maximum Gasteiger partial charge on any atom is 0.0543 e. The molecule has 0 bridgehead atoms. The van der Waals surface area contributed by atoms with Gasteiger partial charge in [-0.1, -0.05) is 51.9 Å². The van der Waals surface area contributed by atoms with Crippen molar-refractivity contribution in [3.63, 3.8) is 0 Å². The van der Waals surface area contributed by atoms with Gasteiger partial charge >= 0.3 is 0 Å². The third-order valence-corrected chi connectivity index (χ3v) is 4.86. The zero-order chi connectivity index (χ0) is 14.0. The van der Waals surface area contributed by atoms with Crippen molar-refractivity contribution >= 4 is 0 Å². The smallest absolute Gasteiger partial charge is 0.0543 e. The summed E-state index contributed by atoms with van der Waals surface area (Å²) in [6.07, 6.45) is 13.6. The molecular weight excluding hydrogens is 236 g/mol. The predicted octanol–water partition coefficient (Wildman–Crippen LogP) is 4.82. The SMILES string of the molecule is CCCCCCCC(COC)(COC)C1CCCC1. The van der Waals surface area contributed by atoms with E-state index in [2.05, 4.69) is 6.92 Å². The van der Waals surface area contributed by atoms with Crippen molar-refractivity contribution < 1.29 is 9.47 Å². The Morgan fingerprint density at radius 2 is 1.47 bits per heavy atom. The number of methoxy groups -OCH3 is 2. The molecule has 0 atom stereocenters. The highest BCUT2D eigenvalue weighted by atomic mass is 16.5. The largest absolute Gasteiger partial charge is 0.384 e. The molecule has 0 aromatic rings. The lowest BCUT2D eigenvalue weighted by atomic mass is 9.72. The van der Waals surface area contributed by atoms with E-state index < -0.39 is 0 Å². The number of rotatable bonds is 11. The van der Waals surface area contributed by atoms with E-state index >= 15 is 0 Å². The third kappa shape index (κ3) is 5.43. The summed E-state index contributed by atoms with van der Waals surface area (Å²) in [6.45, 7) is 4.03. The molecule has 1 aliphatic rings. The van der Waals surface area contributed by atoms with Gasteiger partial charge < -0.3 is 9.47 Å². The van der Waals surface area contributed by atoms with Gasteiger partial charge in [0.2, 0.25) is 0 Å². The van der Waals surface area contributed by atoms with Gasteiger partial charge in [0.1, 0.15) is 0 Å². The normalized spacial score (nSPS) is 17.2. The van der Waals surface area contributed by atoms with Gasteiger partial charge in [0.25, 0.3) is 0 Å². The standard InChI is InChI=1S/C17H34O2/c1-4-5-6-7-10-13-17(14-18-2,15-19-3)16-11-8-9-12-16/h16H,4-15H2,1-3H3. The van der Waals surface area contributed by atoms with E-state index in [0.717, 1.165) is 19.1 Å². The highest BCUT2D eigenvalue weighted by Gasteiger charge is 2.39. The number of unbranched alkanes of at least 4 members (excludes halogenated alkanes) is 4. The third-order valence-electron chi connectivity index (χ3n) is 4.86. The van der Waals surface area contributed by atoms with Gasteiger partial charge in [-0.3, -0.25) is 0 Å². The van der Waals surface area contributed by atoms with E-state index in [1.807, 2.05) is 14.2 Å². The average molecular weight is 270 g/mol.